The fourth-order valence-electron chi connectivity index (χ4n) is 4.60. The number of benzene rings is 1. The smallest absolute Gasteiger partial charge is 0.399 e. The standard InChI is InChI=1S/C23H34BClN2O6S/c1-7-10-18(31-34(6,28)29)20-16(25)13-17-15(14-26-27(17)19-11-8-9-12-30-19)21(20)24-32-22(2,3)23(4,5)33-24/h13-14,18-19H,7-12H2,1-6H3. The zero-order chi connectivity index (χ0) is 24.9. The molecule has 0 saturated carbocycles. The molecule has 8 nitrogen and oxygen atoms in total. The first-order valence-electron chi connectivity index (χ1n) is 11.9. The molecule has 11 heteroatoms. The molecule has 2 unspecified atom stereocenters. The molecule has 0 aliphatic carbocycles. The summed E-state index contributed by atoms with van der Waals surface area (Å²) in [5.74, 6) is 0. The Bertz CT molecular complexity index is 1140. The van der Waals surface area contributed by atoms with Gasteiger partial charge in [0, 0.05) is 28.0 Å². The van der Waals surface area contributed by atoms with Gasteiger partial charge in [0.1, 0.15) is 6.10 Å². The number of hydrogen-bond acceptors (Lipinski definition) is 7. The van der Waals surface area contributed by atoms with Crippen molar-refractivity contribution in [2.75, 3.05) is 12.9 Å². The van der Waals surface area contributed by atoms with Crippen molar-refractivity contribution in [1.82, 2.24) is 9.78 Å². The van der Waals surface area contributed by atoms with Crippen LogP contribution in [0.2, 0.25) is 5.02 Å². The molecule has 1 aromatic heterocycles. The molecule has 2 aliphatic rings. The van der Waals surface area contributed by atoms with E-state index in [0.717, 1.165) is 36.4 Å². The lowest BCUT2D eigenvalue weighted by Crippen LogP contribution is -2.41. The summed E-state index contributed by atoms with van der Waals surface area (Å²) in [7, 11) is -4.51. The van der Waals surface area contributed by atoms with Crippen molar-refractivity contribution in [2.24, 2.45) is 0 Å². The lowest BCUT2D eigenvalue weighted by atomic mass is 9.72. The van der Waals surface area contributed by atoms with Gasteiger partial charge in [-0.3, -0.25) is 4.18 Å². The fraction of sp³-hybridized carbons (Fsp3) is 0.696. The topological polar surface area (TPSA) is 88.9 Å². The quantitative estimate of drug-likeness (QED) is 0.398. The summed E-state index contributed by atoms with van der Waals surface area (Å²) in [6.07, 6.45) is 5.96. The van der Waals surface area contributed by atoms with Crippen LogP contribution in [0.1, 0.15) is 84.6 Å². The van der Waals surface area contributed by atoms with Crippen LogP contribution < -0.4 is 5.46 Å². The van der Waals surface area contributed by atoms with E-state index >= 15 is 0 Å². The molecule has 0 spiro atoms. The molecule has 2 aromatic rings. The summed E-state index contributed by atoms with van der Waals surface area (Å²) in [6.45, 7) is 10.6. The predicted molar refractivity (Wildman–Crippen MR) is 133 cm³/mol. The Hall–Kier alpha value is -1.17. The van der Waals surface area contributed by atoms with Crippen LogP contribution in [0.5, 0.6) is 0 Å². The zero-order valence-corrected chi connectivity index (χ0v) is 22.3. The summed E-state index contributed by atoms with van der Waals surface area (Å²) in [4.78, 5) is 0. The Labute approximate surface area is 207 Å². The zero-order valence-electron chi connectivity index (χ0n) is 20.8. The van der Waals surface area contributed by atoms with E-state index in [1.807, 2.05) is 45.4 Å². The molecular formula is C23H34BClN2O6S. The van der Waals surface area contributed by atoms with Crippen LogP contribution >= 0.6 is 11.6 Å². The fourth-order valence-corrected chi connectivity index (χ4v) is 5.54. The van der Waals surface area contributed by atoms with Gasteiger partial charge in [0.2, 0.25) is 0 Å². The highest BCUT2D eigenvalue weighted by Gasteiger charge is 2.53. The minimum absolute atomic E-state index is 0.182. The first-order chi connectivity index (χ1) is 15.8. The Kier molecular flexibility index (Phi) is 7.14. The molecule has 2 fully saturated rings. The Morgan fingerprint density at radius 1 is 1.26 bits per heavy atom. The summed E-state index contributed by atoms with van der Waals surface area (Å²) in [5, 5.41) is 5.82. The molecule has 2 atom stereocenters. The Morgan fingerprint density at radius 3 is 2.50 bits per heavy atom. The van der Waals surface area contributed by atoms with E-state index in [1.165, 1.54) is 0 Å². The van der Waals surface area contributed by atoms with Gasteiger partial charge in [0.15, 0.2) is 6.23 Å². The van der Waals surface area contributed by atoms with E-state index in [1.54, 1.807) is 6.20 Å². The third-order valence-electron chi connectivity index (χ3n) is 7.02. The maximum atomic E-state index is 12.2. The predicted octanol–water partition coefficient (Wildman–Crippen LogP) is 4.51. The van der Waals surface area contributed by atoms with Gasteiger partial charge in [-0.1, -0.05) is 24.9 Å². The monoisotopic (exact) mass is 512 g/mol. The third kappa shape index (κ3) is 4.90. The van der Waals surface area contributed by atoms with Crippen molar-refractivity contribution in [1.29, 1.82) is 0 Å². The first kappa shape index (κ1) is 25.9. The van der Waals surface area contributed by atoms with E-state index in [9.17, 15) is 8.42 Å². The van der Waals surface area contributed by atoms with Crippen molar-refractivity contribution in [3.05, 3.63) is 22.8 Å². The molecule has 2 saturated heterocycles. The molecular weight excluding hydrogens is 479 g/mol. The van der Waals surface area contributed by atoms with Crippen LogP contribution in [-0.2, 0) is 28.3 Å². The Balaban J connectivity index is 1.93. The summed E-state index contributed by atoms with van der Waals surface area (Å²) in [5.41, 5.74) is 0.822. The first-order valence-corrected chi connectivity index (χ1v) is 14.1. The average molecular weight is 513 g/mol. The highest BCUT2D eigenvalue weighted by atomic mass is 35.5. The Morgan fingerprint density at radius 2 is 1.94 bits per heavy atom. The lowest BCUT2D eigenvalue weighted by molar-refractivity contribution is -0.0366. The number of hydrogen-bond donors (Lipinski definition) is 0. The summed E-state index contributed by atoms with van der Waals surface area (Å²) in [6, 6.07) is 1.82. The molecule has 3 heterocycles. The van der Waals surface area contributed by atoms with Gasteiger partial charge in [0.05, 0.1) is 29.2 Å². The van der Waals surface area contributed by atoms with Crippen LogP contribution in [-0.4, -0.2) is 49.4 Å². The second-order valence-corrected chi connectivity index (χ2v) is 12.2. The van der Waals surface area contributed by atoms with E-state index in [4.69, 9.17) is 29.8 Å². The van der Waals surface area contributed by atoms with Gasteiger partial charge in [-0.15, -0.1) is 0 Å². The van der Waals surface area contributed by atoms with Gasteiger partial charge < -0.3 is 14.0 Å². The third-order valence-corrected chi connectivity index (χ3v) is 7.91. The van der Waals surface area contributed by atoms with Crippen molar-refractivity contribution < 1.29 is 26.6 Å². The van der Waals surface area contributed by atoms with Crippen molar-refractivity contribution >= 4 is 45.2 Å². The molecule has 0 radical (unpaired) electrons. The van der Waals surface area contributed by atoms with Crippen molar-refractivity contribution in [2.45, 2.75) is 90.3 Å². The lowest BCUT2D eigenvalue weighted by Gasteiger charge is -2.32. The van der Waals surface area contributed by atoms with E-state index in [-0.39, 0.29) is 6.23 Å². The summed E-state index contributed by atoms with van der Waals surface area (Å²) >= 11 is 6.89. The molecule has 1 aromatic carbocycles. The van der Waals surface area contributed by atoms with E-state index < -0.39 is 34.5 Å². The van der Waals surface area contributed by atoms with Crippen LogP contribution in [0.25, 0.3) is 10.9 Å². The molecule has 0 bridgehead atoms. The van der Waals surface area contributed by atoms with Crippen LogP contribution in [0.3, 0.4) is 0 Å². The summed E-state index contributed by atoms with van der Waals surface area (Å²) < 4.78 is 50.5. The largest absolute Gasteiger partial charge is 0.496 e. The highest BCUT2D eigenvalue weighted by Crippen LogP contribution is 2.40. The number of fused-ring (bicyclic) bond motifs is 1. The molecule has 0 N–H and O–H groups in total. The number of nitrogens with zero attached hydrogens (tertiary/aromatic N) is 2. The molecule has 188 valence electrons. The van der Waals surface area contributed by atoms with Crippen molar-refractivity contribution in [3.8, 4) is 0 Å². The van der Waals surface area contributed by atoms with E-state index in [2.05, 4.69) is 5.10 Å². The van der Waals surface area contributed by atoms with E-state index in [0.29, 0.717) is 35.5 Å². The number of aromatic nitrogens is 2. The normalized spacial score (nSPS) is 23.5. The van der Waals surface area contributed by atoms with Gasteiger partial charge >= 0.3 is 7.12 Å². The van der Waals surface area contributed by atoms with Crippen LogP contribution in [0.4, 0.5) is 0 Å². The minimum atomic E-state index is -3.74. The maximum absolute atomic E-state index is 12.2. The van der Waals surface area contributed by atoms with Gasteiger partial charge in [-0.05, 0) is 59.4 Å². The highest BCUT2D eigenvalue weighted by molar-refractivity contribution is 7.86. The van der Waals surface area contributed by atoms with Gasteiger partial charge in [0.25, 0.3) is 10.1 Å². The van der Waals surface area contributed by atoms with Crippen LogP contribution in [0, 0.1) is 0 Å². The molecule has 34 heavy (non-hydrogen) atoms. The number of rotatable bonds is 7. The van der Waals surface area contributed by atoms with Crippen LogP contribution in [0.15, 0.2) is 12.3 Å². The molecule has 4 rings (SSSR count). The van der Waals surface area contributed by atoms with Gasteiger partial charge in [-0.25, -0.2) is 4.68 Å². The maximum Gasteiger partial charge on any atom is 0.496 e. The van der Waals surface area contributed by atoms with Crippen molar-refractivity contribution in [3.63, 3.8) is 0 Å². The minimum Gasteiger partial charge on any atom is -0.399 e. The second-order valence-electron chi connectivity index (χ2n) is 10.2. The molecule has 2 aliphatic heterocycles. The SMILES string of the molecule is CCCC(OS(C)(=O)=O)c1c(Cl)cc2c(cnn2C2CCCCO2)c1B1OC(C)(C)C(C)(C)O1. The molecule has 0 amide bonds. The average Bonchev–Trinajstić information content (AvgIpc) is 3.23. The number of halogens is 1. The number of ether oxygens (including phenoxy) is 1. The second kappa shape index (κ2) is 9.37. The van der Waals surface area contributed by atoms with Gasteiger partial charge in [-0.2, -0.15) is 13.5 Å².